The Morgan fingerprint density at radius 1 is 1.06 bits per heavy atom. The monoisotopic (exact) mass is 475 g/mol. The summed E-state index contributed by atoms with van der Waals surface area (Å²) in [6, 6.07) is 20.0. The number of aromatic amines is 1. The van der Waals surface area contributed by atoms with Gasteiger partial charge in [-0.2, -0.15) is 0 Å². The van der Waals surface area contributed by atoms with Crippen molar-refractivity contribution in [3.63, 3.8) is 0 Å². The fraction of sp³-hybridized carbons (Fsp3) is 0.167. The summed E-state index contributed by atoms with van der Waals surface area (Å²) in [5, 5.41) is 11.6. The van der Waals surface area contributed by atoms with Crippen molar-refractivity contribution in [2.45, 2.75) is 24.3 Å². The third-order valence-electron chi connectivity index (χ3n) is 5.01. The lowest BCUT2D eigenvalue weighted by atomic mass is 10.1. The lowest BCUT2D eigenvalue weighted by molar-refractivity contribution is 0.340. The fourth-order valence-electron chi connectivity index (χ4n) is 3.53. The average Bonchev–Trinajstić information content (AvgIpc) is 3.47. The molecule has 0 aliphatic rings. The van der Waals surface area contributed by atoms with Crippen LogP contribution in [0.15, 0.2) is 76.0 Å². The maximum atomic E-state index is 12.3. The third kappa shape index (κ3) is 4.69. The molecule has 166 valence electrons. The van der Waals surface area contributed by atoms with E-state index in [9.17, 15) is 4.79 Å². The normalized spacial score (nSPS) is 11.2. The van der Waals surface area contributed by atoms with Crippen molar-refractivity contribution in [3.8, 4) is 11.4 Å². The highest BCUT2D eigenvalue weighted by Gasteiger charge is 2.16. The van der Waals surface area contributed by atoms with Crippen LogP contribution >= 0.6 is 23.1 Å². The molecule has 0 radical (unpaired) electrons. The van der Waals surface area contributed by atoms with Gasteiger partial charge in [0.1, 0.15) is 22.1 Å². The van der Waals surface area contributed by atoms with Crippen molar-refractivity contribution in [2.24, 2.45) is 0 Å². The Bertz CT molecular complexity index is 1430. The summed E-state index contributed by atoms with van der Waals surface area (Å²) in [7, 11) is 0. The molecular weight excluding hydrogens is 454 g/mol. The molecule has 9 heteroatoms. The zero-order valence-corrected chi connectivity index (χ0v) is 19.5. The van der Waals surface area contributed by atoms with Gasteiger partial charge in [0.15, 0.2) is 5.16 Å². The quantitative estimate of drug-likeness (QED) is 0.323. The van der Waals surface area contributed by atoms with Crippen LogP contribution in [-0.4, -0.2) is 31.3 Å². The minimum Gasteiger partial charge on any atom is -0.494 e. The van der Waals surface area contributed by atoms with Gasteiger partial charge in [-0.3, -0.25) is 9.36 Å². The Hall–Kier alpha value is -3.43. The first-order valence-corrected chi connectivity index (χ1v) is 12.4. The maximum Gasteiger partial charge on any atom is 0.268 e. The highest BCUT2D eigenvalue weighted by Crippen LogP contribution is 2.27. The Kier molecular flexibility index (Phi) is 6.23. The summed E-state index contributed by atoms with van der Waals surface area (Å²) >= 11 is 2.89. The van der Waals surface area contributed by atoms with Crippen molar-refractivity contribution in [1.82, 2.24) is 24.7 Å². The number of hydrogen-bond donors (Lipinski definition) is 1. The average molecular weight is 476 g/mol. The number of ether oxygens (including phenoxy) is 1. The van der Waals surface area contributed by atoms with Gasteiger partial charge in [0.25, 0.3) is 5.56 Å². The number of aromatic nitrogens is 5. The van der Waals surface area contributed by atoms with Crippen LogP contribution in [0.25, 0.3) is 15.9 Å². The van der Waals surface area contributed by atoms with Crippen LogP contribution in [0.1, 0.15) is 24.1 Å². The van der Waals surface area contributed by atoms with Gasteiger partial charge >= 0.3 is 0 Å². The van der Waals surface area contributed by atoms with Crippen LogP contribution in [0.4, 0.5) is 0 Å². The number of H-pyrrole nitrogens is 1. The van der Waals surface area contributed by atoms with Crippen LogP contribution in [0.5, 0.6) is 5.75 Å². The molecule has 0 unspecified atom stereocenters. The van der Waals surface area contributed by atoms with E-state index >= 15 is 0 Å². The van der Waals surface area contributed by atoms with E-state index in [1.165, 1.54) is 23.1 Å². The van der Waals surface area contributed by atoms with Gasteiger partial charge in [-0.1, -0.05) is 42.1 Å². The molecule has 0 fully saturated rings. The summed E-state index contributed by atoms with van der Waals surface area (Å²) < 4.78 is 8.29. The maximum absolute atomic E-state index is 12.3. The molecule has 0 saturated carbocycles. The molecule has 0 bridgehead atoms. The van der Waals surface area contributed by atoms with E-state index in [1.807, 2.05) is 60.8 Å². The summed E-state index contributed by atoms with van der Waals surface area (Å²) in [6.07, 6.45) is 0.650. The molecule has 2 aromatic carbocycles. The number of rotatable bonds is 8. The molecule has 0 amide bonds. The standard InChI is InChI=1S/C24H21N5O2S2/c1-2-31-18-10-8-17(9-11-18)29-21(14-16-6-4-3-5-7-16)27-28-24(29)33-15-20-25-19-12-13-32-22(19)23(30)26-20/h3-13H,2,14-15H2,1H3,(H,25,26,30). The first-order chi connectivity index (χ1) is 16.2. The van der Waals surface area contributed by atoms with Crippen LogP contribution < -0.4 is 10.3 Å². The Balaban J connectivity index is 1.47. The molecule has 3 aromatic heterocycles. The van der Waals surface area contributed by atoms with Gasteiger partial charge in [0, 0.05) is 12.1 Å². The van der Waals surface area contributed by atoms with Crippen LogP contribution in [-0.2, 0) is 12.2 Å². The zero-order valence-electron chi connectivity index (χ0n) is 17.9. The first-order valence-electron chi connectivity index (χ1n) is 10.5. The molecule has 3 heterocycles. The molecule has 7 nitrogen and oxygen atoms in total. The van der Waals surface area contributed by atoms with Gasteiger partial charge in [-0.25, -0.2) is 4.98 Å². The van der Waals surface area contributed by atoms with E-state index in [1.54, 1.807) is 0 Å². The number of nitrogens with one attached hydrogen (secondary N) is 1. The topological polar surface area (TPSA) is 85.7 Å². The van der Waals surface area contributed by atoms with E-state index < -0.39 is 0 Å². The largest absolute Gasteiger partial charge is 0.494 e. The van der Waals surface area contributed by atoms with Gasteiger partial charge < -0.3 is 9.72 Å². The molecule has 0 atom stereocenters. The second kappa shape index (κ2) is 9.60. The molecule has 1 N–H and O–H groups in total. The van der Waals surface area contributed by atoms with Crippen molar-refractivity contribution in [3.05, 3.63) is 93.6 Å². The van der Waals surface area contributed by atoms with Gasteiger partial charge in [0.2, 0.25) is 0 Å². The lowest BCUT2D eigenvalue weighted by Gasteiger charge is -2.11. The number of nitrogens with zero attached hydrogens (tertiary/aromatic N) is 4. The van der Waals surface area contributed by atoms with Gasteiger partial charge in [0.05, 0.1) is 17.9 Å². The van der Waals surface area contributed by atoms with E-state index in [0.717, 1.165) is 33.5 Å². The van der Waals surface area contributed by atoms with Crippen LogP contribution in [0.2, 0.25) is 0 Å². The van der Waals surface area contributed by atoms with Gasteiger partial charge in [-0.15, -0.1) is 21.5 Å². The molecule has 5 aromatic rings. The zero-order chi connectivity index (χ0) is 22.6. The molecular formula is C24H21N5O2S2. The molecule has 5 rings (SSSR count). The lowest BCUT2D eigenvalue weighted by Crippen LogP contribution is -2.10. The van der Waals surface area contributed by atoms with E-state index in [0.29, 0.717) is 29.3 Å². The van der Waals surface area contributed by atoms with Crippen molar-refractivity contribution in [1.29, 1.82) is 0 Å². The van der Waals surface area contributed by atoms with Gasteiger partial charge in [-0.05, 0) is 48.2 Å². The predicted octanol–water partition coefficient (Wildman–Crippen LogP) is 4.85. The highest BCUT2D eigenvalue weighted by atomic mass is 32.2. The Morgan fingerprint density at radius 2 is 1.88 bits per heavy atom. The van der Waals surface area contributed by atoms with Crippen molar-refractivity contribution >= 4 is 33.3 Å². The smallest absolute Gasteiger partial charge is 0.268 e. The molecule has 0 spiro atoms. The van der Waals surface area contributed by atoms with Crippen molar-refractivity contribution in [2.75, 3.05) is 6.61 Å². The number of thioether (sulfide) groups is 1. The minimum absolute atomic E-state index is 0.108. The third-order valence-corrected chi connectivity index (χ3v) is 6.86. The number of thiophene rings is 1. The molecule has 0 aliphatic carbocycles. The molecule has 0 saturated heterocycles. The summed E-state index contributed by atoms with van der Waals surface area (Å²) in [5.74, 6) is 2.74. The second-order valence-corrected chi connectivity index (χ2v) is 9.12. The first kappa shape index (κ1) is 21.4. The Morgan fingerprint density at radius 3 is 2.67 bits per heavy atom. The number of benzene rings is 2. The van der Waals surface area contributed by atoms with Crippen LogP contribution in [0.3, 0.4) is 0 Å². The predicted molar refractivity (Wildman–Crippen MR) is 132 cm³/mol. The minimum atomic E-state index is -0.108. The Labute approximate surface area is 198 Å². The summed E-state index contributed by atoms with van der Waals surface area (Å²) in [4.78, 5) is 19.8. The molecule has 0 aliphatic heterocycles. The summed E-state index contributed by atoms with van der Waals surface area (Å²) in [6.45, 7) is 2.58. The molecule has 33 heavy (non-hydrogen) atoms. The van der Waals surface area contributed by atoms with E-state index in [-0.39, 0.29) is 5.56 Å². The van der Waals surface area contributed by atoms with E-state index in [2.05, 4.69) is 36.9 Å². The SMILES string of the molecule is CCOc1ccc(-n2c(Cc3ccccc3)nnc2SCc2nc3ccsc3c(=O)[nH]2)cc1. The number of hydrogen-bond acceptors (Lipinski definition) is 7. The van der Waals surface area contributed by atoms with Crippen LogP contribution in [0, 0.1) is 0 Å². The second-order valence-electron chi connectivity index (χ2n) is 7.26. The number of fused-ring (bicyclic) bond motifs is 1. The van der Waals surface area contributed by atoms with E-state index in [4.69, 9.17) is 4.74 Å². The summed E-state index contributed by atoms with van der Waals surface area (Å²) in [5.41, 5.74) is 2.72. The van der Waals surface area contributed by atoms with Crippen molar-refractivity contribution < 1.29 is 4.74 Å². The highest BCUT2D eigenvalue weighted by molar-refractivity contribution is 7.98. The fourth-order valence-corrected chi connectivity index (χ4v) is 5.09.